The van der Waals surface area contributed by atoms with Crippen LogP contribution in [0.25, 0.3) is 11.2 Å². The highest BCUT2D eigenvalue weighted by atomic mass is 16.4. The number of aromatic amines is 1. The van der Waals surface area contributed by atoms with Crippen molar-refractivity contribution in [3.05, 3.63) is 52.1 Å². The van der Waals surface area contributed by atoms with Crippen LogP contribution in [-0.4, -0.2) is 116 Å². The number of carbonyl (C=O) groups is 8. The number of benzene rings is 1. The lowest BCUT2D eigenvalue weighted by Gasteiger charge is -2.19. The molecule has 0 saturated carbocycles. The van der Waals surface area contributed by atoms with Crippen LogP contribution in [0.5, 0.6) is 0 Å². The summed E-state index contributed by atoms with van der Waals surface area (Å²) < 4.78 is 0. The van der Waals surface area contributed by atoms with Gasteiger partial charge in [0.15, 0.2) is 11.2 Å². The number of rotatable bonds is 23. The molecule has 3 aromatic rings. The summed E-state index contributed by atoms with van der Waals surface area (Å²) in [4.78, 5) is 123. The molecular formula is C34H44N12O11. The Morgan fingerprint density at radius 2 is 1.44 bits per heavy atom. The van der Waals surface area contributed by atoms with Crippen LogP contribution >= 0.6 is 0 Å². The molecule has 0 aliphatic carbocycles. The van der Waals surface area contributed by atoms with Gasteiger partial charge in [0.2, 0.25) is 35.5 Å². The van der Waals surface area contributed by atoms with E-state index in [0.29, 0.717) is 29.8 Å². The quantitative estimate of drug-likeness (QED) is 0.0441. The molecule has 6 amide bonds. The fourth-order valence-electron chi connectivity index (χ4n) is 4.94. The maximum Gasteiger partial charge on any atom is 0.322 e. The van der Waals surface area contributed by atoms with Crippen molar-refractivity contribution < 1.29 is 48.6 Å². The van der Waals surface area contributed by atoms with Crippen molar-refractivity contribution in [3.63, 3.8) is 0 Å². The third kappa shape index (κ3) is 15.6. The number of hydrogen-bond donors (Lipinski definition) is 11. The van der Waals surface area contributed by atoms with Gasteiger partial charge in [-0.25, -0.2) is 9.97 Å². The van der Waals surface area contributed by atoms with Gasteiger partial charge < -0.3 is 53.2 Å². The van der Waals surface area contributed by atoms with E-state index in [2.05, 4.69) is 51.8 Å². The Hall–Kier alpha value is -7.20. The maximum absolute atomic E-state index is 12.8. The first-order chi connectivity index (χ1) is 27.1. The van der Waals surface area contributed by atoms with E-state index in [0.717, 1.165) is 0 Å². The zero-order valence-electron chi connectivity index (χ0n) is 30.8. The second kappa shape index (κ2) is 22.2. The van der Waals surface area contributed by atoms with Gasteiger partial charge in [-0.3, -0.25) is 48.1 Å². The number of aromatic nitrogens is 4. The molecule has 3 rings (SSSR count). The Bertz CT molecular complexity index is 2010. The zero-order chi connectivity index (χ0) is 41.9. The van der Waals surface area contributed by atoms with Crippen molar-refractivity contribution in [3.8, 4) is 0 Å². The molecule has 306 valence electrons. The first-order valence-electron chi connectivity index (χ1n) is 17.6. The molecule has 23 nitrogen and oxygen atoms in total. The van der Waals surface area contributed by atoms with Crippen molar-refractivity contribution in [2.75, 3.05) is 37.2 Å². The molecule has 23 heteroatoms. The van der Waals surface area contributed by atoms with E-state index in [1.807, 2.05) is 12.2 Å². The van der Waals surface area contributed by atoms with Gasteiger partial charge in [-0.05, 0) is 37.1 Å². The molecule has 12 N–H and O–H groups in total. The van der Waals surface area contributed by atoms with E-state index in [4.69, 9.17) is 15.9 Å². The fraction of sp³-hybridized carbons (Fsp3) is 0.412. The number of anilines is 2. The van der Waals surface area contributed by atoms with Crippen molar-refractivity contribution in [1.29, 1.82) is 0 Å². The third-order valence-corrected chi connectivity index (χ3v) is 7.78. The molecule has 2 aromatic heterocycles. The van der Waals surface area contributed by atoms with E-state index in [1.165, 1.54) is 6.20 Å². The van der Waals surface area contributed by atoms with Crippen molar-refractivity contribution >= 4 is 70.2 Å². The van der Waals surface area contributed by atoms with Crippen LogP contribution < -0.4 is 48.5 Å². The molecule has 0 saturated heterocycles. The van der Waals surface area contributed by atoms with Gasteiger partial charge in [0.1, 0.15) is 18.6 Å². The second-order valence-electron chi connectivity index (χ2n) is 12.4. The summed E-state index contributed by atoms with van der Waals surface area (Å²) in [5.41, 5.74) is 6.71. The molecule has 0 radical (unpaired) electrons. The minimum atomic E-state index is -1.61. The molecule has 0 bridgehead atoms. The Morgan fingerprint density at radius 3 is 2.11 bits per heavy atom. The largest absolute Gasteiger partial charge is 0.481 e. The van der Waals surface area contributed by atoms with E-state index in [-0.39, 0.29) is 55.4 Å². The number of hydrogen-bond acceptors (Lipinski definition) is 14. The Balaban J connectivity index is 1.36. The maximum atomic E-state index is 12.8. The molecule has 0 unspecified atom stereocenters. The monoisotopic (exact) mass is 796 g/mol. The highest BCUT2D eigenvalue weighted by Crippen LogP contribution is 2.12. The number of carboxylic acids is 2. The summed E-state index contributed by atoms with van der Waals surface area (Å²) in [6.07, 6.45) is 2.24. The molecule has 0 aliphatic heterocycles. The summed E-state index contributed by atoms with van der Waals surface area (Å²) in [6, 6.07) is 3.87. The molecule has 0 fully saturated rings. The molecular weight excluding hydrogens is 752 g/mol. The third-order valence-electron chi connectivity index (χ3n) is 7.78. The lowest BCUT2D eigenvalue weighted by molar-refractivity contribution is -0.141. The van der Waals surface area contributed by atoms with Crippen molar-refractivity contribution in [2.45, 2.75) is 64.1 Å². The molecule has 2 atom stereocenters. The van der Waals surface area contributed by atoms with Crippen LogP contribution in [0, 0.1) is 0 Å². The number of nitrogens with one attached hydrogen (secondary N) is 8. The van der Waals surface area contributed by atoms with Gasteiger partial charge in [-0.15, -0.1) is 0 Å². The number of nitrogen functional groups attached to an aromatic ring is 1. The van der Waals surface area contributed by atoms with Crippen LogP contribution in [0.3, 0.4) is 0 Å². The van der Waals surface area contributed by atoms with Gasteiger partial charge in [0.05, 0.1) is 37.9 Å². The number of amides is 6. The van der Waals surface area contributed by atoms with E-state index in [9.17, 15) is 43.2 Å². The topological polar surface area (TPSA) is 359 Å². The van der Waals surface area contributed by atoms with Gasteiger partial charge in [0, 0.05) is 24.2 Å². The van der Waals surface area contributed by atoms with Gasteiger partial charge in [-0.2, -0.15) is 4.98 Å². The second-order valence-corrected chi connectivity index (χ2v) is 12.4. The molecule has 0 aliphatic rings. The highest BCUT2D eigenvalue weighted by Gasteiger charge is 2.26. The number of aliphatic carboxylic acids is 2. The first-order valence-corrected chi connectivity index (χ1v) is 17.6. The summed E-state index contributed by atoms with van der Waals surface area (Å²) in [5.74, 6) is -7.16. The van der Waals surface area contributed by atoms with Crippen LogP contribution in [0.2, 0.25) is 0 Å². The minimum absolute atomic E-state index is 0.0184. The molecule has 2 heterocycles. The average Bonchev–Trinajstić information content (AvgIpc) is 3.17. The number of carboxylic acid groups (broad SMARTS) is 2. The summed E-state index contributed by atoms with van der Waals surface area (Å²) in [7, 11) is 0. The van der Waals surface area contributed by atoms with Crippen LogP contribution in [0.15, 0.2) is 35.3 Å². The van der Waals surface area contributed by atoms with E-state index >= 15 is 0 Å². The average molecular weight is 797 g/mol. The number of nitrogens with two attached hydrogens (primary N) is 1. The lowest BCUT2D eigenvalue weighted by atomic mass is 10.1. The van der Waals surface area contributed by atoms with E-state index in [1.54, 1.807) is 24.3 Å². The number of H-pyrrole nitrogens is 1. The smallest absolute Gasteiger partial charge is 0.322 e. The number of carbonyl (C=O) groups excluding carboxylic acids is 6. The standard InChI is InChI=1S/C34H44N12O11/c1-2-3-5-21(31(55)40-16-25(49)44-22(12-26(50)51)32(56)41-17-27(52)53)43-24(48)15-38-23(47)6-4-11-36-30(54)18-7-9-19(10-8-18)37-13-20-14-39-29-28(42-20)33(57)46-34(35)45-29/h7-10,14,21-22,37H,2-6,11-13,15-17H2,1H3,(H,36,54)(H,38,47)(H,40,55)(H,41,56)(H,43,48)(H,44,49)(H,50,51)(H,52,53)(H3,35,39,45,46,57)/t21-,22-/m0/s1. The Kier molecular flexibility index (Phi) is 17.2. The van der Waals surface area contributed by atoms with Crippen molar-refractivity contribution in [2.24, 2.45) is 0 Å². The van der Waals surface area contributed by atoms with Crippen LogP contribution in [0.4, 0.5) is 11.6 Å². The molecule has 0 spiro atoms. The minimum Gasteiger partial charge on any atom is -0.481 e. The Morgan fingerprint density at radius 1 is 0.789 bits per heavy atom. The van der Waals surface area contributed by atoms with Gasteiger partial charge in [-0.1, -0.05) is 19.8 Å². The first kappa shape index (κ1) is 44.2. The van der Waals surface area contributed by atoms with Gasteiger partial charge >= 0.3 is 11.9 Å². The number of fused-ring (bicyclic) bond motifs is 1. The molecule has 57 heavy (non-hydrogen) atoms. The Labute approximate surface area is 323 Å². The number of unbranched alkanes of at least 4 members (excludes halogenated alkanes) is 1. The fourth-order valence-corrected chi connectivity index (χ4v) is 4.94. The predicted octanol–water partition coefficient (Wildman–Crippen LogP) is -2.51. The normalized spacial score (nSPS) is 11.7. The zero-order valence-corrected chi connectivity index (χ0v) is 30.8. The number of nitrogens with zero attached hydrogens (tertiary/aromatic N) is 3. The SMILES string of the molecule is CCCC[C@H](NC(=O)CNC(=O)CCCNC(=O)c1ccc(NCc2cnc3nc(N)[nH]c(=O)c3n2)cc1)C(=O)NCC(=O)N[C@@H](CC(=O)O)C(=O)NCC(=O)O. The molecule has 1 aromatic carbocycles. The predicted molar refractivity (Wildman–Crippen MR) is 200 cm³/mol. The summed E-state index contributed by atoms with van der Waals surface area (Å²) in [5, 5.41) is 34.9. The highest BCUT2D eigenvalue weighted by molar-refractivity contribution is 5.95. The lowest BCUT2D eigenvalue weighted by Crippen LogP contribution is -2.53. The van der Waals surface area contributed by atoms with Gasteiger partial charge in [0.25, 0.3) is 11.5 Å². The van der Waals surface area contributed by atoms with Crippen LogP contribution in [-0.2, 0) is 40.1 Å². The van der Waals surface area contributed by atoms with Crippen molar-refractivity contribution in [1.82, 2.24) is 51.8 Å². The summed E-state index contributed by atoms with van der Waals surface area (Å²) in [6.45, 7) is 0.313. The van der Waals surface area contributed by atoms with E-state index < -0.39 is 85.2 Å². The summed E-state index contributed by atoms with van der Waals surface area (Å²) >= 11 is 0. The van der Waals surface area contributed by atoms with Crippen LogP contribution in [0.1, 0.15) is 61.5 Å².